The zero-order chi connectivity index (χ0) is 9.97. The number of carbonyl (C=O) groups excluding carboxylic acids is 1. The molecule has 0 aliphatic carbocycles. The number of amides is 1. The smallest absolute Gasteiger partial charge is 0.230 e. The van der Waals surface area contributed by atoms with Crippen LogP contribution >= 0.6 is 22.6 Å². The van der Waals surface area contributed by atoms with Gasteiger partial charge in [0.1, 0.15) is 0 Å². The first-order chi connectivity index (χ1) is 6.75. The largest absolute Gasteiger partial charge is 0.326 e. The summed E-state index contributed by atoms with van der Waals surface area (Å²) in [6.45, 7) is 1.60. The van der Waals surface area contributed by atoms with E-state index >= 15 is 0 Å². The van der Waals surface area contributed by atoms with E-state index in [1.807, 2.05) is 24.3 Å². The molecule has 0 unspecified atom stereocenters. The Morgan fingerprint density at radius 1 is 1.50 bits per heavy atom. The molecule has 4 heteroatoms. The molecule has 2 rings (SSSR count). The van der Waals surface area contributed by atoms with E-state index in [0.29, 0.717) is 0 Å². The molecule has 0 saturated carbocycles. The molecule has 1 heterocycles. The number of halogens is 1. The van der Waals surface area contributed by atoms with E-state index in [-0.39, 0.29) is 11.8 Å². The first-order valence-corrected chi connectivity index (χ1v) is 5.61. The fourth-order valence-corrected chi connectivity index (χ4v) is 1.83. The molecule has 74 valence electrons. The average molecular weight is 302 g/mol. The predicted molar refractivity (Wildman–Crippen MR) is 64.1 cm³/mol. The number of rotatable bonds is 2. The lowest BCUT2D eigenvalue weighted by molar-refractivity contribution is -0.121. The maximum Gasteiger partial charge on any atom is 0.230 e. The molecule has 0 aromatic heterocycles. The van der Waals surface area contributed by atoms with Crippen LogP contribution in [0.2, 0.25) is 0 Å². The summed E-state index contributed by atoms with van der Waals surface area (Å²) < 4.78 is 1.13. The van der Waals surface area contributed by atoms with Gasteiger partial charge in [0.05, 0.1) is 5.92 Å². The Morgan fingerprint density at radius 3 is 2.86 bits per heavy atom. The molecule has 0 spiro atoms. The lowest BCUT2D eigenvalue weighted by atomic mass is 10.0. The minimum absolute atomic E-state index is 0.116. The maximum absolute atomic E-state index is 11.6. The van der Waals surface area contributed by atoms with Crippen molar-refractivity contribution in [1.82, 2.24) is 5.32 Å². The predicted octanol–water partition coefficient (Wildman–Crippen LogP) is 1.45. The highest BCUT2D eigenvalue weighted by molar-refractivity contribution is 14.1. The van der Waals surface area contributed by atoms with Crippen molar-refractivity contribution in [3.05, 3.63) is 27.8 Å². The van der Waals surface area contributed by atoms with Crippen LogP contribution in [0.1, 0.15) is 0 Å². The molecular formula is C10H11IN2O. The van der Waals surface area contributed by atoms with Gasteiger partial charge in [0.15, 0.2) is 0 Å². The minimum atomic E-state index is 0.116. The Kier molecular flexibility index (Phi) is 3.02. The van der Waals surface area contributed by atoms with Crippen LogP contribution in [0.5, 0.6) is 0 Å². The van der Waals surface area contributed by atoms with Crippen molar-refractivity contribution in [3.63, 3.8) is 0 Å². The quantitative estimate of drug-likeness (QED) is 0.812. The molecule has 1 aromatic rings. The van der Waals surface area contributed by atoms with Crippen LogP contribution in [0.15, 0.2) is 24.3 Å². The first kappa shape index (κ1) is 9.92. The second-order valence-electron chi connectivity index (χ2n) is 3.35. The van der Waals surface area contributed by atoms with Gasteiger partial charge in [0, 0.05) is 22.3 Å². The lowest BCUT2D eigenvalue weighted by Gasteiger charge is -2.25. The summed E-state index contributed by atoms with van der Waals surface area (Å²) in [5, 5.41) is 5.98. The zero-order valence-electron chi connectivity index (χ0n) is 7.59. The van der Waals surface area contributed by atoms with E-state index < -0.39 is 0 Å². The van der Waals surface area contributed by atoms with Gasteiger partial charge in [-0.15, -0.1) is 0 Å². The number of carbonyl (C=O) groups is 1. The summed E-state index contributed by atoms with van der Waals surface area (Å²) >= 11 is 2.23. The number of anilines is 1. The second-order valence-corrected chi connectivity index (χ2v) is 4.60. The second kappa shape index (κ2) is 4.27. The van der Waals surface area contributed by atoms with Gasteiger partial charge in [-0.05, 0) is 40.8 Å². The van der Waals surface area contributed by atoms with Gasteiger partial charge in [-0.3, -0.25) is 4.79 Å². The SMILES string of the molecule is O=C(Nc1cccc(I)c1)C1CNC1. The fourth-order valence-electron chi connectivity index (χ4n) is 1.28. The summed E-state index contributed by atoms with van der Waals surface area (Å²) in [7, 11) is 0. The molecule has 0 radical (unpaired) electrons. The van der Waals surface area contributed by atoms with E-state index in [2.05, 4.69) is 33.2 Å². The van der Waals surface area contributed by atoms with Crippen molar-refractivity contribution in [3.8, 4) is 0 Å². The summed E-state index contributed by atoms with van der Waals surface area (Å²) in [4.78, 5) is 11.6. The van der Waals surface area contributed by atoms with Crippen LogP contribution in [-0.4, -0.2) is 19.0 Å². The van der Waals surface area contributed by atoms with Gasteiger partial charge in [0.25, 0.3) is 0 Å². The van der Waals surface area contributed by atoms with E-state index in [9.17, 15) is 4.79 Å². The van der Waals surface area contributed by atoms with Crippen LogP contribution in [-0.2, 0) is 4.79 Å². The average Bonchev–Trinajstić information content (AvgIpc) is 1.99. The first-order valence-electron chi connectivity index (χ1n) is 4.53. The van der Waals surface area contributed by atoms with Crippen molar-refractivity contribution in [2.75, 3.05) is 18.4 Å². The van der Waals surface area contributed by atoms with Crippen molar-refractivity contribution in [2.45, 2.75) is 0 Å². The summed E-state index contributed by atoms with van der Waals surface area (Å²) in [6.07, 6.45) is 0. The van der Waals surface area contributed by atoms with Crippen molar-refractivity contribution in [1.29, 1.82) is 0 Å². The van der Waals surface area contributed by atoms with Gasteiger partial charge in [0.2, 0.25) is 5.91 Å². The fraction of sp³-hybridized carbons (Fsp3) is 0.300. The molecule has 14 heavy (non-hydrogen) atoms. The third-order valence-electron chi connectivity index (χ3n) is 2.24. The number of benzene rings is 1. The Hall–Kier alpha value is -0.620. The zero-order valence-corrected chi connectivity index (χ0v) is 9.74. The number of hydrogen-bond acceptors (Lipinski definition) is 2. The summed E-state index contributed by atoms with van der Waals surface area (Å²) in [5.41, 5.74) is 0.883. The highest BCUT2D eigenvalue weighted by Gasteiger charge is 2.24. The van der Waals surface area contributed by atoms with Crippen molar-refractivity contribution >= 4 is 34.2 Å². The molecule has 1 amide bonds. The normalized spacial score (nSPS) is 16.1. The number of hydrogen-bond donors (Lipinski definition) is 2. The Labute approximate surface area is 96.4 Å². The van der Waals surface area contributed by atoms with E-state index in [1.165, 1.54) is 0 Å². The molecule has 1 fully saturated rings. The van der Waals surface area contributed by atoms with Gasteiger partial charge >= 0.3 is 0 Å². The van der Waals surface area contributed by atoms with Crippen molar-refractivity contribution in [2.24, 2.45) is 5.92 Å². The molecule has 2 N–H and O–H groups in total. The van der Waals surface area contributed by atoms with Crippen LogP contribution in [0, 0.1) is 9.49 Å². The van der Waals surface area contributed by atoms with Gasteiger partial charge < -0.3 is 10.6 Å². The van der Waals surface area contributed by atoms with Crippen molar-refractivity contribution < 1.29 is 4.79 Å². The third-order valence-corrected chi connectivity index (χ3v) is 2.92. The summed E-state index contributed by atoms with van der Waals surface area (Å²) in [6, 6.07) is 7.81. The molecule has 1 aliphatic heterocycles. The minimum Gasteiger partial charge on any atom is -0.326 e. The molecule has 3 nitrogen and oxygen atoms in total. The highest BCUT2D eigenvalue weighted by Crippen LogP contribution is 2.14. The van der Waals surface area contributed by atoms with Crippen LogP contribution < -0.4 is 10.6 Å². The topological polar surface area (TPSA) is 41.1 Å². The lowest BCUT2D eigenvalue weighted by Crippen LogP contribution is -2.48. The Bertz CT molecular complexity index is 350. The standard InChI is InChI=1S/C10H11IN2O/c11-8-2-1-3-9(4-8)13-10(14)7-5-12-6-7/h1-4,7,12H,5-6H2,(H,13,14). The van der Waals surface area contributed by atoms with E-state index in [0.717, 1.165) is 22.3 Å². The van der Waals surface area contributed by atoms with Gasteiger partial charge in [-0.2, -0.15) is 0 Å². The third kappa shape index (κ3) is 2.24. The van der Waals surface area contributed by atoms with Gasteiger partial charge in [-0.1, -0.05) is 6.07 Å². The molecular weight excluding hydrogens is 291 g/mol. The molecule has 1 saturated heterocycles. The van der Waals surface area contributed by atoms with Crippen LogP contribution in [0.3, 0.4) is 0 Å². The van der Waals surface area contributed by atoms with Crippen LogP contribution in [0.4, 0.5) is 5.69 Å². The van der Waals surface area contributed by atoms with Gasteiger partial charge in [-0.25, -0.2) is 0 Å². The van der Waals surface area contributed by atoms with E-state index in [4.69, 9.17) is 0 Å². The molecule has 1 aliphatic rings. The highest BCUT2D eigenvalue weighted by atomic mass is 127. The van der Waals surface area contributed by atoms with Crippen LogP contribution in [0.25, 0.3) is 0 Å². The monoisotopic (exact) mass is 302 g/mol. The molecule has 1 aromatic carbocycles. The van der Waals surface area contributed by atoms with E-state index in [1.54, 1.807) is 0 Å². The Balaban J connectivity index is 1.99. The summed E-state index contributed by atoms with van der Waals surface area (Å²) in [5.74, 6) is 0.263. The Morgan fingerprint density at radius 2 is 2.29 bits per heavy atom. The maximum atomic E-state index is 11.6. The number of nitrogens with one attached hydrogen (secondary N) is 2. The molecule has 0 bridgehead atoms. The molecule has 0 atom stereocenters.